The van der Waals surface area contributed by atoms with E-state index in [-0.39, 0.29) is 10.6 Å². The van der Waals surface area contributed by atoms with E-state index >= 15 is 0 Å². The second-order valence-corrected chi connectivity index (χ2v) is 6.59. The Labute approximate surface area is 131 Å². The van der Waals surface area contributed by atoms with Gasteiger partial charge in [0.25, 0.3) is 0 Å². The van der Waals surface area contributed by atoms with Crippen molar-refractivity contribution in [1.29, 1.82) is 0 Å². The van der Waals surface area contributed by atoms with Gasteiger partial charge < -0.3 is 4.57 Å². The Morgan fingerprint density at radius 1 is 1.10 bits per heavy atom. The molecule has 0 saturated carbocycles. The summed E-state index contributed by atoms with van der Waals surface area (Å²) in [4.78, 5) is 13.2. The lowest BCUT2D eigenvalue weighted by Crippen LogP contribution is -2.03. The third kappa shape index (κ3) is 1.74. The Morgan fingerprint density at radius 3 is 2.67 bits per heavy atom. The number of carbonyl (C=O) groups excluding carboxylic acids is 1. The summed E-state index contributed by atoms with van der Waals surface area (Å²) < 4.78 is 2.16. The van der Waals surface area contributed by atoms with Gasteiger partial charge in [-0.3, -0.25) is 4.79 Å². The lowest BCUT2D eigenvalue weighted by atomic mass is 9.99. The Kier molecular flexibility index (Phi) is 2.79. The molecule has 0 fully saturated rings. The first-order valence-corrected chi connectivity index (χ1v) is 7.94. The number of carbonyl (C=O) groups is 1. The highest BCUT2D eigenvalue weighted by atomic mass is 79.9. The molecule has 1 unspecified atom stereocenters. The van der Waals surface area contributed by atoms with Crippen LogP contribution in [0.15, 0.2) is 48.5 Å². The van der Waals surface area contributed by atoms with Crippen molar-refractivity contribution in [1.82, 2.24) is 4.57 Å². The molecule has 0 aliphatic heterocycles. The summed E-state index contributed by atoms with van der Waals surface area (Å²) in [6, 6.07) is 16.0. The fourth-order valence-electron chi connectivity index (χ4n) is 3.33. The van der Waals surface area contributed by atoms with Crippen LogP contribution in [0.2, 0.25) is 0 Å². The highest BCUT2D eigenvalue weighted by molar-refractivity contribution is 9.09. The van der Waals surface area contributed by atoms with Crippen LogP contribution in [0.25, 0.3) is 10.9 Å². The summed E-state index contributed by atoms with van der Waals surface area (Å²) in [7, 11) is 2.05. The van der Waals surface area contributed by atoms with Crippen molar-refractivity contribution in [2.75, 3.05) is 0 Å². The van der Waals surface area contributed by atoms with Crippen LogP contribution in [-0.2, 0) is 13.5 Å². The quantitative estimate of drug-likeness (QED) is 0.556. The third-order valence-corrected chi connectivity index (χ3v) is 5.19. The standard InChI is InChI=1S/C18H14BrNO/c1-20-15-9-5-4-8-13(15)17-16(20)10-14(19)11-6-2-3-7-12(11)18(17)21/h2-9,14H,10H2,1H3. The van der Waals surface area contributed by atoms with Gasteiger partial charge in [0.2, 0.25) is 0 Å². The zero-order valence-electron chi connectivity index (χ0n) is 11.6. The predicted molar refractivity (Wildman–Crippen MR) is 88.2 cm³/mol. The summed E-state index contributed by atoms with van der Waals surface area (Å²) in [6.07, 6.45) is 0.823. The molecule has 21 heavy (non-hydrogen) atoms. The maximum Gasteiger partial charge on any atom is 0.195 e. The molecule has 1 aromatic heterocycles. The second kappa shape index (κ2) is 4.57. The Balaban J connectivity index is 2.10. The lowest BCUT2D eigenvalue weighted by molar-refractivity contribution is 0.103. The van der Waals surface area contributed by atoms with E-state index in [0.29, 0.717) is 0 Å². The number of nitrogens with zero attached hydrogens (tertiary/aromatic N) is 1. The number of fused-ring (bicyclic) bond motifs is 4. The molecule has 2 aromatic carbocycles. The van der Waals surface area contributed by atoms with Gasteiger partial charge in [0.1, 0.15) is 0 Å². The largest absolute Gasteiger partial charge is 0.347 e. The average Bonchev–Trinajstić information content (AvgIpc) is 2.73. The molecule has 1 aliphatic carbocycles. The number of alkyl halides is 1. The SMILES string of the molecule is Cn1c2c(c3ccccc31)C(=O)c1ccccc1C(Br)C2. The van der Waals surface area contributed by atoms with E-state index in [9.17, 15) is 4.79 Å². The number of benzene rings is 2. The van der Waals surface area contributed by atoms with Crippen molar-refractivity contribution < 1.29 is 4.79 Å². The fraction of sp³-hybridized carbons (Fsp3) is 0.167. The number of aryl methyl sites for hydroxylation is 1. The van der Waals surface area contributed by atoms with Gasteiger partial charge >= 0.3 is 0 Å². The van der Waals surface area contributed by atoms with E-state index in [2.05, 4.69) is 26.6 Å². The number of rotatable bonds is 0. The molecule has 3 aromatic rings. The number of halogens is 1. The van der Waals surface area contributed by atoms with Crippen LogP contribution in [0.4, 0.5) is 0 Å². The third-order valence-electron chi connectivity index (χ3n) is 4.37. The zero-order chi connectivity index (χ0) is 14.6. The molecule has 1 aliphatic rings. The molecule has 0 amide bonds. The van der Waals surface area contributed by atoms with Crippen LogP contribution in [0.3, 0.4) is 0 Å². The van der Waals surface area contributed by atoms with Crippen LogP contribution in [0, 0.1) is 0 Å². The molecule has 0 saturated heterocycles. The van der Waals surface area contributed by atoms with Crippen molar-refractivity contribution >= 4 is 32.6 Å². The monoisotopic (exact) mass is 339 g/mol. The first kappa shape index (κ1) is 12.8. The molecular weight excluding hydrogens is 326 g/mol. The highest BCUT2D eigenvalue weighted by Crippen LogP contribution is 2.39. The van der Waals surface area contributed by atoms with E-state index in [4.69, 9.17) is 0 Å². The molecule has 104 valence electrons. The number of ketones is 1. The highest BCUT2D eigenvalue weighted by Gasteiger charge is 2.30. The van der Waals surface area contributed by atoms with Crippen LogP contribution >= 0.6 is 15.9 Å². The molecular formula is C18H14BrNO. The summed E-state index contributed by atoms with van der Waals surface area (Å²) in [5.74, 6) is 0.138. The Morgan fingerprint density at radius 2 is 1.81 bits per heavy atom. The number of hydrogen-bond donors (Lipinski definition) is 0. The summed E-state index contributed by atoms with van der Waals surface area (Å²) in [5.41, 5.74) is 4.99. The minimum atomic E-state index is 0.138. The molecule has 1 atom stereocenters. The zero-order valence-corrected chi connectivity index (χ0v) is 13.2. The van der Waals surface area contributed by atoms with Gasteiger partial charge in [0.15, 0.2) is 5.78 Å². The van der Waals surface area contributed by atoms with Gasteiger partial charge in [0.05, 0.1) is 5.56 Å². The van der Waals surface area contributed by atoms with Crippen molar-refractivity contribution in [2.24, 2.45) is 7.05 Å². The van der Waals surface area contributed by atoms with Gasteiger partial charge in [-0.2, -0.15) is 0 Å². The van der Waals surface area contributed by atoms with Crippen LogP contribution < -0.4 is 0 Å². The minimum Gasteiger partial charge on any atom is -0.347 e. The molecule has 3 heteroatoms. The molecule has 0 radical (unpaired) electrons. The van der Waals surface area contributed by atoms with E-state index in [1.54, 1.807) is 0 Å². The first-order valence-electron chi connectivity index (χ1n) is 7.02. The van der Waals surface area contributed by atoms with Gasteiger partial charge in [-0.05, 0) is 11.6 Å². The van der Waals surface area contributed by atoms with E-state index in [1.165, 1.54) is 0 Å². The van der Waals surface area contributed by atoms with Crippen LogP contribution in [-0.4, -0.2) is 10.4 Å². The van der Waals surface area contributed by atoms with Gasteiger partial charge in [0, 0.05) is 40.5 Å². The van der Waals surface area contributed by atoms with Crippen LogP contribution in [0.5, 0.6) is 0 Å². The Bertz CT molecular complexity index is 878. The predicted octanol–water partition coefficient (Wildman–Crippen LogP) is 4.40. The van der Waals surface area contributed by atoms with E-state index in [1.807, 2.05) is 49.5 Å². The van der Waals surface area contributed by atoms with Crippen molar-refractivity contribution in [3.8, 4) is 0 Å². The summed E-state index contributed by atoms with van der Waals surface area (Å²) in [5, 5.41) is 1.05. The lowest BCUT2D eigenvalue weighted by Gasteiger charge is -2.11. The second-order valence-electron chi connectivity index (χ2n) is 5.49. The molecule has 0 N–H and O–H groups in total. The molecule has 0 bridgehead atoms. The molecule has 2 nitrogen and oxygen atoms in total. The fourth-order valence-corrected chi connectivity index (χ4v) is 4.04. The van der Waals surface area contributed by atoms with Crippen LogP contribution in [0.1, 0.15) is 32.0 Å². The average molecular weight is 340 g/mol. The van der Waals surface area contributed by atoms with E-state index < -0.39 is 0 Å². The first-order chi connectivity index (χ1) is 10.2. The summed E-state index contributed by atoms with van der Waals surface area (Å²) in [6.45, 7) is 0. The topological polar surface area (TPSA) is 22.0 Å². The molecule has 1 heterocycles. The summed E-state index contributed by atoms with van der Waals surface area (Å²) >= 11 is 3.76. The van der Waals surface area contributed by atoms with Gasteiger partial charge in [-0.1, -0.05) is 58.4 Å². The van der Waals surface area contributed by atoms with Crippen molar-refractivity contribution in [2.45, 2.75) is 11.2 Å². The number of aromatic nitrogens is 1. The van der Waals surface area contributed by atoms with Gasteiger partial charge in [-0.15, -0.1) is 0 Å². The van der Waals surface area contributed by atoms with Gasteiger partial charge in [-0.25, -0.2) is 0 Å². The maximum atomic E-state index is 13.1. The smallest absolute Gasteiger partial charge is 0.195 e. The maximum absolute atomic E-state index is 13.1. The number of hydrogen-bond acceptors (Lipinski definition) is 1. The minimum absolute atomic E-state index is 0.138. The molecule has 4 rings (SSSR count). The molecule has 0 spiro atoms. The van der Waals surface area contributed by atoms with Crippen molar-refractivity contribution in [3.05, 3.63) is 70.9 Å². The normalized spacial score (nSPS) is 17.4. The Hall–Kier alpha value is -1.87. The van der Waals surface area contributed by atoms with E-state index in [0.717, 1.165) is 39.7 Å². The number of para-hydroxylation sites is 1. The van der Waals surface area contributed by atoms with Crippen molar-refractivity contribution in [3.63, 3.8) is 0 Å².